The quantitative estimate of drug-likeness (QED) is 0.688. The van der Waals surface area contributed by atoms with E-state index in [0.29, 0.717) is 10.6 Å². The molecular formula is C7H4N2OS2. The molecule has 2 rings (SSSR count). The molecule has 0 saturated carbocycles. The van der Waals surface area contributed by atoms with Crippen LogP contribution in [0.25, 0.3) is 0 Å². The van der Waals surface area contributed by atoms with Gasteiger partial charge in [-0.05, 0) is 23.0 Å². The van der Waals surface area contributed by atoms with E-state index in [9.17, 15) is 4.79 Å². The number of carbonyl (C=O) groups is 1. The molecule has 0 saturated heterocycles. The summed E-state index contributed by atoms with van der Waals surface area (Å²) in [5.74, 6) is -0.0428. The maximum atomic E-state index is 11.5. The van der Waals surface area contributed by atoms with Crippen LogP contribution in [0.3, 0.4) is 0 Å². The summed E-state index contributed by atoms with van der Waals surface area (Å²) in [6.07, 6.45) is 0. The first-order valence-corrected chi connectivity index (χ1v) is 4.95. The van der Waals surface area contributed by atoms with Gasteiger partial charge in [0.1, 0.15) is 5.69 Å². The van der Waals surface area contributed by atoms with Gasteiger partial charge in [0.15, 0.2) is 0 Å². The maximum Gasteiger partial charge on any atom is 0.224 e. The van der Waals surface area contributed by atoms with Gasteiger partial charge in [-0.25, -0.2) is 0 Å². The van der Waals surface area contributed by atoms with Gasteiger partial charge in [-0.1, -0.05) is 10.6 Å². The van der Waals surface area contributed by atoms with E-state index in [-0.39, 0.29) is 5.78 Å². The number of rotatable bonds is 2. The van der Waals surface area contributed by atoms with Crippen molar-refractivity contribution in [2.75, 3.05) is 0 Å². The Labute approximate surface area is 76.8 Å². The summed E-state index contributed by atoms with van der Waals surface area (Å²) in [7, 11) is 0. The van der Waals surface area contributed by atoms with E-state index >= 15 is 0 Å². The van der Waals surface area contributed by atoms with E-state index in [2.05, 4.69) is 9.59 Å². The fourth-order valence-corrected chi connectivity index (χ4v) is 1.91. The number of ketones is 1. The number of nitrogens with zero attached hydrogens (tertiary/aromatic N) is 2. The van der Waals surface area contributed by atoms with Gasteiger partial charge in [0.2, 0.25) is 5.78 Å². The van der Waals surface area contributed by atoms with Crippen molar-refractivity contribution in [2.45, 2.75) is 0 Å². The molecule has 0 spiro atoms. The molecule has 0 aliphatic carbocycles. The van der Waals surface area contributed by atoms with Crippen LogP contribution in [0, 0.1) is 0 Å². The van der Waals surface area contributed by atoms with Crippen LogP contribution in [-0.4, -0.2) is 15.4 Å². The number of hydrogen-bond donors (Lipinski definition) is 0. The molecular weight excluding hydrogens is 192 g/mol. The van der Waals surface area contributed by atoms with Gasteiger partial charge in [0.05, 0.1) is 4.88 Å². The molecule has 0 fully saturated rings. The molecule has 0 aromatic carbocycles. The topological polar surface area (TPSA) is 42.9 Å². The number of hydrogen-bond acceptors (Lipinski definition) is 5. The summed E-state index contributed by atoms with van der Waals surface area (Å²) in [6, 6.07) is 3.63. The van der Waals surface area contributed by atoms with Crippen LogP contribution in [0.2, 0.25) is 0 Å². The fraction of sp³-hybridized carbons (Fsp3) is 0. The summed E-state index contributed by atoms with van der Waals surface area (Å²) in [4.78, 5) is 12.2. The number of thiophene rings is 1. The van der Waals surface area contributed by atoms with Crippen molar-refractivity contribution in [2.24, 2.45) is 0 Å². The van der Waals surface area contributed by atoms with Crippen molar-refractivity contribution in [3.8, 4) is 0 Å². The van der Waals surface area contributed by atoms with E-state index in [0.717, 1.165) is 0 Å². The van der Waals surface area contributed by atoms with Crippen LogP contribution in [0.5, 0.6) is 0 Å². The van der Waals surface area contributed by atoms with Gasteiger partial charge in [0, 0.05) is 5.38 Å². The Balaban J connectivity index is 2.34. The fourth-order valence-electron chi connectivity index (χ4n) is 0.798. The van der Waals surface area contributed by atoms with Crippen LogP contribution >= 0.6 is 22.9 Å². The average molecular weight is 196 g/mol. The predicted molar refractivity (Wildman–Crippen MR) is 47.7 cm³/mol. The van der Waals surface area contributed by atoms with E-state index in [1.54, 1.807) is 11.4 Å². The Morgan fingerprint density at radius 1 is 1.50 bits per heavy atom. The lowest BCUT2D eigenvalue weighted by molar-refractivity contribution is 0.103. The van der Waals surface area contributed by atoms with Crippen LogP contribution in [0.4, 0.5) is 0 Å². The highest BCUT2D eigenvalue weighted by molar-refractivity contribution is 7.12. The van der Waals surface area contributed by atoms with Crippen LogP contribution < -0.4 is 0 Å². The first-order chi connectivity index (χ1) is 5.88. The molecule has 12 heavy (non-hydrogen) atoms. The first-order valence-electron chi connectivity index (χ1n) is 3.23. The minimum atomic E-state index is -0.0428. The van der Waals surface area contributed by atoms with Gasteiger partial charge >= 0.3 is 0 Å². The Morgan fingerprint density at radius 3 is 3.00 bits per heavy atom. The lowest BCUT2D eigenvalue weighted by atomic mass is 10.3. The summed E-state index contributed by atoms with van der Waals surface area (Å²) in [5, 5.41) is 7.22. The number of aromatic nitrogens is 2. The van der Waals surface area contributed by atoms with Crippen LogP contribution in [-0.2, 0) is 0 Å². The zero-order chi connectivity index (χ0) is 8.39. The minimum Gasteiger partial charge on any atom is -0.286 e. The second-order valence-corrected chi connectivity index (χ2v) is 3.65. The molecule has 0 amide bonds. The third kappa shape index (κ3) is 1.28. The molecule has 60 valence electrons. The maximum absolute atomic E-state index is 11.5. The van der Waals surface area contributed by atoms with E-state index in [1.807, 2.05) is 11.4 Å². The Kier molecular flexibility index (Phi) is 1.97. The zero-order valence-electron chi connectivity index (χ0n) is 5.93. The van der Waals surface area contributed by atoms with Crippen molar-refractivity contribution in [3.05, 3.63) is 33.5 Å². The first kappa shape index (κ1) is 7.57. The van der Waals surface area contributed by atoms with Gasteiger partial charge < -0.3 is 0 Å². The molecule has 0 bridgehead atoms. The summed E-state index contributed by atoms with van der Waals surface area (Å²) in [6.45, 7) is 0. The minimum absolute atomic E-state index is 0.0428. The third-order valence-electron chi connectivity index (χ3n) is 1.34. The lowest BCUT2D eigenvalue weighted by Gasteiger charge is -1.87. The van der Waals surface area contributed by atoms with Crippen molar-refractivity contribution in [1.29, 1.82) is 0 Å². The lowest BCUT2D eigenvalue weighted by Crippen LogP contribution is -1.98. The van der Waals surface area contributed by atoms with Crippen molar-refractivity contribution in [3.63, 3.8) is 0 Å². The normalized spacial score (nSPS) is 10.0. The Hall–Kier alpha value is -1.07. The molecule has 0 aliphatic rings. The highest BCUT2D eigenvalue weighted by Crippen LogP contribution is 2.13. The molecule has 2 aromatic rings. The smallest absolute Gasteiger partial charge is 0.224 e. The molecule has 0 atom stereocenters. The van der Waals surface area contributed by atoms with Crippen molar-refractivity contribution >= 4 is 28.7 Å². The monoisotopic (exact) mass is 196 g/mol. The highest BCUT2D eigenvalue weighted by atomic mass is 32.1. The standard InChI is InChI=1S/C7H4N2OS2/c10-7(5-4-12-9-8-5)6-2-1-3-11-6/h1-4H. The second kappa shape index (κ2) is 3.12. The van der Waals surface area contributed by atoms with E-state index in [4.69, 9.17) is 0 Å². The molecule has 0 radical (unpaired) electrons. The van der Waals surface area contributed by atoms with Gasteiger partial charge in [0.25, 0.3) is 0 Å². The molecule has 0 N–H and O–H groups in total. The van der Waals surface area contributed by atoms with Crippen molar-refractivity contribution in [1.82, 2.24) is 9.59 Å². The zero-order valence-corrected chi connectivity index (χ0v) is 7.56. The average Bonchev–Trinajstić information content (AvgIpc) is 2.77. The van der Waals surface area contributed by atoms with Gasteiger partial charge in [-0.3, -0.25) is 4.79 Å². The second-order valence-electron chi connectivity index (χ2n) is 2.10. The SMILES string of the molecule is O=C(c1csnn1)c1cccs1. The molecule has 0 aliphatic heterocycles. The van der Waals surface area contributed by atoms with E-state index < -0.39 is 0 Å². The van der Waals surface area contributed by atoms with Crippen molar-refractivity contribution < 1.29 is 4.79 Å². The molecule has 2 heterocycles. The van der Waals surface area contributed by atoms with Crippen LogP contribution in [0.1, 0.15) is 15.4 Å². The predicted octanol–water partition coefficient (Wildman–Crippen LogP) is 1.83. The summed E-state index contributed by atoms with van der Waals surface area (Å²) in [5.41, 5.74) is 0.433. The molecule has 5 heteroatoms. The van der Waals surface area contributed by atoms with E-state index in [1.165, 1.54) is 22.9 Å². The van der Waals surface area contributed by atoms with Crippen LogP contribution in [0.15, 0.2) is 22.9 Å². The summed E-state index contributed by atoms with van der Waals surface area (Å²) < 4.78 is 3.63. The number of carbonyl (C=O) groups excluding carboxylic acids is 1. The third-order valence-corrected chi connectivity index (χ3v) is 2.71. The molecule has 3 nitrogen and oxygen atoms in total. The summed E-state index contributed by atoms with van der Waals surface area (Å²) >= 11 is 2.60. The molecule has 2 aromatic heterocycles. The molecule has 0 unspecified atom stereocenters. The Bertz CT molecular complexity index is 330. The van der Waals surface area contributed by atoms with Gasteiger partial charge in [-0.2, -0.15) is 0 Å². The Morgan fingerprint density at radius 2 is 2.42 bits per heavy atom. The largest absolute Gasteiger partial charge is 0.286 e. The van der Waals surface area contributed by atoms with Gasteiger partial charge in [-0.15, -0.1) is 16.4 Å². The highest BCUT2D eigenvalue weighted by Gasteiger charge is 2.11.